The number of carbonyl (C=O) groups is 1. The van der Waals surface area contributed by atoms with E-state index in [-0.39, 0.29) is 11.6 Å². The van der Waals surface area contributed by atoms with Crippen LogP contribution in [-0.2, 0) is 4.79 Å². The van der Waals surface area contributed by atoms with Gasteiger partial charge in [0.2, 0.25) is 5.91 Å². The second-order valence-corrected chi connectivity index (χ2v) is 7.99. The number of para-hydroxylation sites is 1. The predicted octanol–water partition coefficient (Wildman–Crippen LogP) is 4.22. The number of nitrogens with zero attached hydrogens (tertiary/aromatic N) is 4. The van der Waals surface area contributed by atoms with Crippen LogP contribution in [-0.4, -0.2) is 46.9 Å². The van der Waals surface area contributed by atoms with Crippen LogP contribution < -0.4 is 4.90 Å². The Morgan fingerprint density at radius 3 is 2.52 bits per heavy atom. The zero-order chi connectivity index (χ0) is 20.4. The minimum absolute atomic E-state index is 0.0285. The zero-order valence-electron chi connectivity index (χ0n) is 15.3. The highest BCUT2D eigenvalue weighted by atomic mass is 35.5. The van der Waals surface area contributed by atoms with Gasteiger partial charge in [-0.25, -0.2) is 4.98 Å². The van der Waals surface area contributed by atoms with E-state index >= 15 is 0 Å². The summed E-state index contributed by atoms with van der Waals surface area (Å²) in [7, 11) is 0. The Bertz CT molecular complexity index is 1090. The normalized spacial score (nSPS) is 14.7. The maximum atomic E-state index is 12.5. The van der Waals surface area contributed by atoms with Crippen molar-refractivity contribution in [2.75, 3.05) is 31.1 Å². The van der Waals surface area contributed by atoms with Gasteiger partial charge in [-0.1, -0.05) is 29.0 Å². The molecule has 2 aromatic carbocycles. The lowest BCUT2D eigenvalue weighted by atomic mass is 10.2. The van der Waals surface area contributed by atoms with E-state index in [1.165, 1.54) is 18.2 Å². The van der Waals surface area contributed by atoms with Gasteiger partial charge in [-0.05, 0) is 35.9 Å². The Kier molecular flexibility index (Phi) is 5.46. The molecule has 1 amide bonds. The Labute approximate surface area is 176 Å². The fraction of sp³-hybridized carbons (Fsp3) is 0.200. The van der Waals surface area contributed by atoms with Gasteiger partial charge in [0.15, 0.2) is 5.13 Å². The molecule has 1 fully saturated rings. The highest BCUT2D eigenvalue weighted by Gasteiger charge is 2.22. The molecule has 29 heavy (non-hydrogen) atoms. The number of anilines is 1. The molecular weight excluding hydrogens is 412 g/mol. The molecule has 4 rings (SSSR count). The molecule has 0 bridgehead atoms. The minimum atomic E-state index is -0.447. The molecule has 0 N–H and O–H groups in total. The van der Waals surface area contributed by atoms with E-state index in [4.69, 9.17) is 11.6 Å². The summed E-state index contributed by atoms with van der Waals surface area (Å²) >= 11 is 7.82. The Morgan fingerprint density at radius 2 is 1.86 bits per heavy atom. The number of benzene rings is 2. The van der Waals surface area contributed by atoms with E-state index in [9.17, 15) is 14.9 Å². The number of hydrogen-bond donors (Lipinski definition) is 0. The SMILES string of the molecule is O=C(C=Cc1ccc([N+](=O)[O-])cc1)N1CCN(c2nc3c(Cl)cccc3s2)CC1. The number of amides is 1. The number of hydrogen-bond acceptors (Lipinski definition) is 6. The third kappa shape index (κ3) is 4.23. The molecule has 1 aromatic heterocycles. The summed E-state index contributed by atoms with van der Waals surface area (Å²) in [5, 5.41) is 12.3. The quantitative estimate of drug-likeness (QED) is 0.353. The number of rotatable bonds is 4. The lowest BCUT2D eigenvalue weighted by Gasteiger charge is -2.34. The average Bonchev–Trinajstić information content (AvgIpc) is 3.18. The Balaban J connectivity index is 1.36. The van der Waals surface area contributed by atoms with Crippen LogP contribution in [0.2, 0.25) is 5.02 Å². The van der Waals surface area contributed by atoms with Gasteiger partial charge in [0.25, 0.3) is 5.69 Å². The first kappa shape index (κ1) is 19.4. The van der Waals surface area contributed by atoms with Crippen LogP contribution in [0.4, 0.5) is 10.8 Å². The molecule has 0 unspecified atom stereocenters. The van der Waals surface area contributed by atoms with Gasteiger partial charge >= 0.3 is 0 Å². The molecule has 3 aromatic rings. The van der Waals surface area contributed by atoms with Crippen molar-refractivity contribution in [1.82, 2.24) is 9.88 Å². The summed E-state index contributed by atoms with van der Waals surface area (Å²) in [5.41, 5.74) is 1.59. The summed E-state index contributed by atoms with van der Waals surface area (Å²) in [4.78, 5) is 31.3. The topological polar surface area (TPSA) is 79.6 Å². The maximum absolute atomic E-state index is 12.5. The molecule has 0 radical (unpaired) electrons. The number of aromatic nitrogens is 1. The van der Waals surface area contributed by atoms with Crippen molar-refractivity contribution in [3.8, 4) is 0 Å². The largest absolute Gasteiger partial charge is 0.345 e. The summed E-state index contributed by atoms with van der Waals surface area (Å²) in [6, 6.07) is 11.9. The van der Waals surface area contributed by atoms with Crippen molar-refractivity contribution in [2.45, 2.75) is 0 Å². The lowest BCUT2D eigenvalue weighted by molar-refractivity contribution is -0.384. The Morgan fingerprint density at radius 1 is 1.14 bits per heavy atom. The summed E-state index contributed by atoms with van der Waals surface area (Å²) in [6.45, 7) is 2.61. The van der Waals surface area contributed by atoms with Gasteiger partial charge < -0.3 is 9.80 Å². The third-order valence-electron chi connectivity index (χ3n) is 4.74. The van der Waals surface area contributed by atoms with Crippen molar-refractivity contribution in [1.29, 1.82) is 0 Å². The summed E-state index contributed by atoms with van der Waals surface area (Å²) < 4.78 is 1.05. The summed E-state index contributed by atoms with van der Waals surface area (Å²) in [5.74, 6) is -0.0738. The molecule has 2 heterocycles. The van der Waals surface area contributed by atoms with Crippen LogP contribution >= 0.6 is 22.9 Å². The first-order valence-corrected chi connectivity index (χ1v) is 10.2. The first-order chi connectivity index (χ1) is 14.0. The van der Waals surface area contributed by atoms with Crippen molar-refractivity contribution in [3.63, 3.8) is 0 Å². The van der Waals surface area contributed by atoms with Crippen molar-refractivity contribution in [2.24, 2.45) is 0 Å². The number of nitro benzene ring substituents is 1. The molecule has 7 nitrogen and oxygen atoms in total. The first-order valence-electron chi connectivity index (χ1n) is 9.03. The van der Waals surface area contributed by atoms with Crippen LogP contribution in [0.15, 0.2) is 48.5 Å². The van der Waals surface area contributed by atoms with Gasteiger partial charge in [-0.15, -0.1) is 0 Å². The number of piperazine rings is 1. The molecule has 1 saturated heterocycles. The molecule has 0 spiro atoms. The molecule has 9 heteroatoms. The van der Waals surface area contributed by atoms with Crippen LogP contribution in [0.25, 0.3) is 16.3 Å². The molecule has 1 aliphatic rings. The van der Waals surface area contributed by atoms with E-state index in [1.807, 2.05) is 18.2 Å². The third-order valence-corrected chi connectivity index (χ3v) is 6.13. The second kappa shape index (κ2) is 8.18. The van der Waals surface area contributed by atoms with E-state index in [1.54, 1.807) is 34.4 Å². The minimum Gasteiger partial charge on any atom is -0.345 e. The number of halogens is 1. The molecule has 0 atom stereocenters. The predicted molar refractivity (Wildman–Crippen MR) is 116 cm³/mol. The highest BCUT2D eigenvalue weighted by Crippen LogP contribution is 2.33. The Hall–Kier alpha value is -2.97. The van der Waals surface area contributed by atoms with Crippen LogP contribution in [0, 0.1) is 10.1 Å². The van der Waals surface area contributed by atoms with E-state index in [0.29, 0.717) is 31.2 Å². The smallest absolute Gasteiger partial charge is 0.269 e. The van der Waals surface area contributed by atoms with Gasteiger partial charge in [0, 0.05) is 44.4 Å². The van der Waals surface area contributed by atoms with Crippen LogP contribution in [0.5, 0.6) is 0 Å². The van der Waals surface area contributed by atoms with Crippen LogP contribution in [0.1, 0.15) is 5.56 Å². The molecular formula is C20H17ClN4O3S. The van der Waals surface area contributed by atoms with Gasteiger partial charge in [0.05, 0.1) is 14.6 Å². The van der Waals surface area contributed by atoms with E-state index in [0.717, 1.165) is 20.9 Å². The standard InChI is InChI=1S/C20H17ClN4O3S/c21-16-2-1-3-17-19(16)22-20(29-17)24-12-10-23(11-13-24)18(26)9-6-14-4-7-15(8-5-14)25(27)28/h1-9H,10-13H2. The van der Waals surface area contributed by atoms with E-state index < -0.39 is 4.92 Å². The average molecular weight is 429 g/mol. The van der Waals surface area contributed by atoms with E-state index in [2.05, 4.69) is 9.88 Å². The van der Waals surface area contributed by atoms with Crippen molar-refractivity contribution >= 4 is 56.0 Å². The zero-order valence-corrected chi connectivity index (χ0v) is 16.9. The second-order valence-electron chi connectivity index (χ2n) is 6.58. The van der Waals surface area contributed by atoms with Crippen molar-refractivity contribution in [3.05, 3.63) is 69.2 Å². The number of fused-ring (bicyclic) bond motifs is 1. The lowest BCUT2D eigenvalue weighted by Crippen LogP contribution is -2.48. The molecule has 0 aliphatic carbocycles. The van der Waals surface area contributed by atoms with Gasteiger partial charge in [0.1, 0.15) is 5.52 Å². The molecule has 0 saturated carbocycles. The van der Waals surface area contributed by atoms with Gasteiger partial charge in [-0.2, -0.15) is 0 Å². The monoisotopic (exact) mass is 428 g/mol. The molecule has 148 valence electrons. The summed E-state index contributed by atoms with van der Waals surface area (Å²) in [6.07, 6.45) is 3.18. The molecule has 1 aliphatic heterocycles. The van der Waals surface area contributed by atoms with Crippen molar-refractivity contribution < 1.29 is 9.72 Å². The number of non-ortho nitro benzene ring substituents is 1. The highest BCUT2D eigenvalue weighted by molar-refractivity contribution is 7.22. The van der Waals surface area contributed by atoms with Crippen LogP contribution in [0.3, 0.4) is 0 Å². The number of thiazole rings is 1. The fourth-order valence-electron chi connectivity index (χ4n) is 3.14. The maximum Gasteiger partial charge on any atom is 0.269 e. The number of carbonyl (C=O) groups excluding carboxylic acids is 1. The fourth-order valence-corrected chi connectivity index (χ4v) is 4.45. The number of nitro groups is 1. The van der Waals surface area contributed by atoms with Gasteiger partial charge in [-0.3, -0.25) is 14.9 Å².